The number of rotatable bonds is 6. The largest absolute Gasteiger partial charge is 0.481 e. The first-order valence-corrected chi connectivity index (χ1v) is 7.53. The number of aromatic nitrogens is 3. The molecule has 0 saturated heterocycles. The Morgan fingerprint density at radius 2 is 2.47 bits per heavy atom. The summed E-state index contributed by atoms with van der Waals surface area (Å²) in [6.07, 6.45) is 0.712. The van der Waals surface area contributed by atoms with E-state index in [1.807, 2.05) is 23.8 Å². The van der Waals surface area contributed by atoms with Crippen molar-refractivity contribution < 1.29 is 9.90 Å². The van der Waals surface area contributed by atoms with Gasteiger partial charge in [0.1, 0.15) is 0 Å². The van der Waals surface area contributed by atoms with Crippen molar-refractivity contribution in [2.24, 2.45) is 0 Å². The van der Waals surface area contributed by atoms with E-state index in [-0.39, 0.29) is 17.5 Å². The standard InChI is InChI=1S/C11H13N3O3S2/c1-7(4-8-2-3-18-5-8)14-10(17)12-13-11(14)19-6-9(15)16/h2-3,5,7H,4,6H2,1H3,(H,12,17)(H,15,16). The summed E-state index contributed by atoms with van der Waals surface area (Å²) in [4.78, 5) is 22.3. The van der Waals surface area contributed by atoms with Gasteiger partial charge >= 0.3 is 11.7 Å². The summed E-state index contributed by atoms with van der Waals surface area (Å²) < 4.78 is 1.51. The molecule has 0 aliphatic rings. The van der Waals surface area contributed by atoms with Gasteiger partial charge in [-0.2, -0.15) is 11.3 Å². The maximum absolute atomic E-state index is 11.7. The minimum atomic E-state index is -0.933. The smallest absolute Gasteiger partial charge is 0.344 e. The number of hydrogen-bond acceptors (Lipinski definition) is 5. The zero-order valence-electron chi connectivity index (χ0n) is 10.2. The Bertz CT molecular complexity index is 603. The van der Waals surface area contributed by atoms with Gasteiger partial charge in [0.05, 0.1) is 5.75 Å². The summed E-state index contributed by atoms with van der Waals surface area (Å²) in [6.45, 7) is 1.92. The zero-order chi connectivity index (χ0) is 13.8. The summed E-state index contributed by atoms with van der Waals surface area (Å²) in [5.41, 5.74) is 0.843. The van der Waals surface area contributed by atoms with Gasteiger partial charge in [-0.15, -0.1) is 5.10 Å². The van der Waals surface area contributed by atoms with Gasteiger partial charge in [-0.1, -0.05) is 11.8 Å². The predicted molar refractivity (Wildman–Crippen MR) is 73.9 cm³/mol. The fourth-order valence-electron chi connectivity index (χ4n) is 1.75. The van der Waals surface area contributed by atoms with Crippen molar-refractivity contribution in [2.45, 2.75) is 24.5 Å². The number of nitrogens with zero attached hydrogens (tertiary/aromatic N) is 2. The Morgan fingerprint density at radius 1 is 1.68 bits per heavy atom. The van der Waals surface area contributed by atoms with Crippen molar-refractivity contribution in [1.29, 1.82) is 0 Å². The van der Waals surface area contributed by atoms with Gasteiger partial charge in [0.2, 0.25) is 0 Å². The molecule has 19 heavy (non-hydrogen) atoms. The molecule has 0 fully saturated rings. The van der Waals surface area contributed by atoms with Crippen LogP contribution in [0.1, 0.15) is 18.5 Å². The Labute approximate surface area is 117 Å². The molecule has 8 heteroatoms. The highest BCUT2D eigenvalue weighted by Gasteiger charge is 2.16. The van der Waals surface area contributed by atoms with Gasteiger partial charge in [-0.25, -0.2) is 9.89 Å². The van der Waals surface area contributed by atoms with Gasteiger partial charge in [-0.3, -0.25) is 9.36 Å². The maximum Gasteiger partial charge on any atom is 0.344 e. The molecule has 0 spiro atoms. The summed E-state index contributed by atoms with van der Waals surface area (Å²) in [5, 5.41) is 19.3. The van der Waals surface area contributed by atoms with E-state index in [2.05, 4.69) is 10.2 Å². The third-order valence-corrected chi connectivity index (χ3v) is 4.22. The van der Waals surface area contributed by atoms with Crippen LogP contribution in [0.4, 0.5) is 0 Å². The number of thiophene rings is 1. The van der Waals surface area contributed by atoms with Crippen molar-refractivity contribution in [3.05, 3.63) is 32.9 Å². The molecule has 0 amide bonds. The molecule has 2 heterocycles. The van der Waals surface area contributed by atoms with Crippen molar-refractivity contribution in [3.8, 4) is 0 Å². The third-order valence-electron chi connectivity index (χ3n) is 2.55. The Kier molecular flexibility index (Phi) is 4.43. The number of hydrogen-bond donors (Lipinski definition) is 2. The molecule has 0 radical (unpaired) electrons. The molecule has 2 N–H and O–H groups in total. The molecule has 0 aliphatic carbocycles. The van der Waals surface area contributed by atoms with Crippen LogP contribution in [0.25, 0.3) is 0 Å². The lowest BCUT2D eigenvalue weighted by Gasteiger charge is -2.13. The van der Waals surface area contributed by atoms with E-state index in [0.29, 0.717) is 11.6 Å². The lowest BCUT2D eigenvalue weighted by Crippen LogP contribution is -2.22. The van der Waals surface area contributed by atoms with Crippen LogP contribution >= 0.6 is 23.1 Å². The monoisotopic (exact) mass is 299 g/mol. The summed E-state index contributed by atoms with van der Waals surface area (Å²) in [7, 11) is 0. The molecular formula is C11H13N3O3S2. The lowest BCUT2D eigenvalue weighted by molar-refractivity contribution is -0.133. The normalized spacial score (nSPS) is 12.5. The highest BCUT2D eigenvalue weighted by Crippen LogP contribution is 2.20. The van der Waals surface area contributed by atoms with Crippen molar-refractivity contribution in [3.63, 3.8) is 0 Å². The number of carboxylic acid groups (broad SMARTS) is 1. The van der Waals surface area contributed by atoms with E-state index < -0.39 is 5.97 Å². The van der Waals surface area contributed by atoms with Gasteiger partial charge < -0.3 is 5.11 Å². The Hall–Kier alpha value is -1.54. The first kappa shape index (κ1) is 13.9. The van der Waals surface area contributed by atoms with Crippen LogP contribution in [0.5, 0.6) is 0 Å². The van der Waals surface area contributed by atoms with E-state index in [4.69, 9.17) is 5.11 Å². The lowest BCUT2D eigenvalue weighted by atomic mass is 10.1. The second-order valence-corrected chi connectivity index (χ2v) is 5.77. The van der Waals surface area contributed by atoms with Crippen LogP contribution in [0.15, 0.2) is 26.8 Å². The molecule has 2 aromatic heterocycles. The average Bonchev–Trinajstić information content (AvgIpc) is 2.96. The highest BCUT2D eigenvalue weighted by atomic mass is 32.2. The fourth-order valence-corrected chi connectivity index (χ4v) is 3.19. The molecule has 0 bridgehead atoms. The molecular weight excluding hydrogens is 286 g/mol. The van der Waals surface area contributed by atoms with Crippen LogP contribution < -0.4 is 5.69 Å². The zero-order valence-corrected chi connectivity index (χ0v) is 11.8. The van der Waals surface area contributed by atoms with E-state index in [0.717, 1.165) is 17.3 Å². The number of carbonyl (C=O) groups is 1. The second-order valence-electron chi connectivity index (χ2n) is 4.05. The van der Waals surface area contributed by atoms with E-state index in [9.17, 15) is 9.59 Å². The van der Waals surface area contributed by atoms with E-state index in [1.165, 1.54) is 4.57 Å². The number of thioether (sulfide) groups is 1. The SMILES string of the molecule is CC(Cc1ccsc1)n1c(SCC(=O)O)n[nH]c1=O. The quantitative estimate of drug-likeness (QED) is 0.791. The molecule has 102 valence electrons. The summed E-state index contributed by atoms with van der Waals surface area (Å²) >= 11 is 2.65. The molecule has 1 unspecified atom stereocenters. The van der Waals surface area contributed by atoms with Crippen LogP contribution in [0.3, 0.4) is 0 Å². The predicted octanol–water partition coefficient (Wildman–Crippen LogP) is 1.61. The number of aromatic amines is 1. The van der Waals surface area contributed by atoms with Crippen molar-refractivity contribution in [1.82, 2.24) is 14.8 Å². The van der Waals surface area contributed by atoms with Gasteiger partial charge in [0.15, 0.2) is 5.16 Å². The number of H-pyrrole nitrogens is 1. The number of nitrogens with one attached hydrogen (secondary N) is 1. The molecule has 0 aromatic carbocycles. The van der Waals surface area contributed by atoms with Crippen molar-refractivity contribution >= 4 is 29.1 Å². The molecule has 0 saturated carbocycles. The van der Waals surface area contributed by atoms with Crippen LogP contribution in [0.2, 0.25) is 0 Å². The fraction of sp³-hybridized carbons (Fsp3) is 0.364. The first-order chi connectivity index (χ1) is 9.08. The maximum atomic E-state index is 11.7. The van der Waals surface area contributed by atoms with Crippen LogP contribution in [-0.4, -0.2) is 31.6 Å². The van der Waals surface area contributed by atoms with E-state index in [1.54, 1.807) is 11.3 Å². The molecule has 2 rings (SSSR count). The molecule has 1 atom stereocenters. The number of aliphatic carboxylic acids is 1. The summed E-state index contributed by atoms with van der Waals surface area (Å²) in [6, 6.07) is 1.94. The van der Waals surface area contributed by atoms with Gasteiger partial charge in [-0.05, 0) is 35.7 Å². The van der Waals surface area contributed by atoms with Gasteiger partial charge in [0.25, 0.3) is 0 Å². The topological polar surface area (TPSA) is 88.0 Å². The second kappa shape index (κ2) is 6.07. The molecule has 6 nitrogen and oxygen atoms in total. The average molecular weight is 299 g/mol. The van der Waals surface area contributed by atoms with E-state index >= 15 is 0 Å². The van der Waals surface area contributed by atoms with Crippen molar-refractivity contribution in [2.75, 3.05) is 5.75 Å². The summed E-state index contributed by atoms with van der Waals surface area (Å²) in [5.74, 6) is -1.05. The van der Waals surface area contributed by atoms with Gasteiger partial charge in [0, 0.05) is 6.04 Å². The Morgan fingerprint density at radius 3 is 3.11 bits per heavy atom. The third kappa shape index (κ3) is 3.48. The van der Waals surface area contributed by atoms with Crippen LogP contribution in [0, 0.1) is 0 Å². The Balaban J connectivity index is 2.16. The van der Waals surface area contributed by atoms with Crippen LogP contribution in [-0.2, 0) is 11.2 Å². The molecule has 2 aromatic rings. The molecule has 0 aliphatic heterocycles. The number of carboxylic acids is 1. The minimum absolute atomic E-state index is 0.0721. The first-order valence-electron chi connectivity index (χ1n) is 5.60. The highest BCUT2D eigenvalue weighted by molar-refractivity contribution is 7.99. The minimum Gasteiger partial charge on any atom is -0.481 e.